The zero-order valence-electron chi connectivity index (χ0n) is 12.6. The molecule has 2 aromatic rings. The van der Waals surface area contributed by atoms with Crippen molar-refractivity contribution in [2.24, 2.45) is 4.99 Å². The van der Waals surface area contributed by atoms with Crippen molar-refractivity contribution in [1.29, 1.82) is 0 Å². The molecule has 2 nitrogen and oxygen atoms in total. The number of aliphatic imine (C=N–C) groups is 1. The van der Waals surface area contributed by atoms with Gasteiger partial charge < -0.3 is 4.57 Å². The third-order valence-corrected chi connectivity index (χ3v) is 4.66. The van der Waals surface area contributed by atoms with Crippen molar-refractivity contribution < 1.29 is 0 Å². The Morgan fingerprint density at radius 2 is 2.19 bits per heavy atom. The van der Waals surface area contributed by atoms with Crippen molar-refractivity contribution in [3.05, 3.63) is 41.7 Å². The Hall–Kier alpha value is -1.48. The predicted octanol–water partition coefficient (Wildman–Crippen LogP) is 5.34. The average Bonchev–Trinajstić information content (AvgIpc) is 3.14. The molecule has 1 aromatic heterocycles. The number of benzene rings is 1. The Labute approximate surface area is 131 Å². The van der Waals surface area contributed by atoms with Crippen molar-refractivity contribution in [2.75, 3.05) is 5.75 Å². The molecule has 0 bridgehead atoms. The lowest BCUT2D eigenvalue weighted by Crippen LogP contribution is -1.95. The standard InChI is InChI=1S/C18H22N2S/c1-2-3-4-5-10-20-11-9-17-15(7-6-8-18(17)20)12-16-13-21-14-19-16/h6-9,11-12,14H,2-5,10,13H2,1H3/b16-12-. The van der Waals surface area contributed by atoms with Crippen molar-refractivity contribution in [2.45, 2.75) is 39.2 Å². The van der Waals surface area contributed by atoms with Gasteiger partial charge in [-0.25, -0.2) is 0 Å². The first kappa shape index (κ1) is 14.5. The Morgan fingerprint density at radius 3 is 3.00 bits per heavy atom. The van der Waals surface area contributed by atoms with Crippen LogP contribution >= 0.6 is 11.8 Å². The van der Waals surface area contributed by atoms with Crippen LogP contribution in [0.4, 0.5) is 0 Å². The summed E-state index contributed by atoms with van der Waals surface area (Å²) < 4.78 is 2.39. The van der Waals surface area contributed by atoms with E-state index in [-0.39, 0.29) is 0 Å². The summed E-state index contributed by atoms with van der Waals surface area (Å²) in [5.74, 6) is 0.994. The molecule has 1 aliphatic rings. The van der Waals surface area contributed by atoms with Gasteiger partial charge in [-0.3, -0.25) is 4.99 Å². The molecule has 0 saturated carbocycles. The maximum atomic E-state index is 4.41. The molecular formula is C18H22N2S. The molecule has 1 aliphatic heterocycles. The second-order valence-electron chi connectivity index (χ2n) is 5.53. The molecule has 3 heteroatoms. The van der Waals surface area contributed by atoms with Crippen LogP contribution in [-0.4, -0.2) is 15.9 Å². The minimum atomic E-state index is 0.994. The minimum absolute atomic E-state index is 0.994. The number of hydrogen-bond donors (Lipinski definition) is 0. The van der Waals surface area contributed by atoms with Crippen molar-refractivity contribution in [1.82, 2.24) is 4.57 Å². The van der Waals surface area contributed by atoms with Crippen LogP contribution in [0.2, 0.25) is 0 Å². The van der Waals surface area contributed by atoms with E-state index >= 15 is 0 Å². The molecule has 0 fully saturated rings. The maximum absolute atomic E-state index is 4.41. The Morgan fingerprint density at radius 1 is 1.24 bits per heavy atom. The fourth-order valence-corrected chi connectivity index (χ4v) is 3.41. The first-order valence-corrected chi connectivity index (χ1v) is 8.86. The van der Waals surface area contributed by atoms with Crippen LogP contribution in [0.1, 0.15) is 38.2 Å². The summed E-state index contributed by atoms with van der Waals surface area (Å²) in [5.41, 5.74) is 5.73. The SMILES string of the molecule is CCCCCCn1ccc2c(/C=C3/CSC=N3)cccc21. The fraction of sp³-hybridized carbons (Fsp3) is 0.389. The molecular weight excluding hydrogens is 276 g/mol. The van der Waals surface area contributed by atoms with Crippen LogP contribution < -0.4 is 0 Å². The van der Waals surface area contributed by atoms with Crippen molar-refractivity contribution in [3.8, 4) is 0 Å². The summed E-state index contributed by atoms with van der Waals surface area (Å²) in [7, 11) is 0. The highest BCUT2D eigenvalue weighted by Crippen LogP contribution is 2.25. The summed E-state index contributed by atoms with van der Waals surface area (Å²) in [6.45, 7) is 3.38. The predicted molar refractivity (Wildman–Crippen MR) is 95.0 cm³/mol. The van der Waals surface area contributed by atoms with E-state index in [0.29, 0.717) is 0 Å². The molecule has 0 unspecified atom stereocenters. The topological polar surface area (TPSA) is 17.3 Å². The zero-order valence-corrected chi connectivity index (χ0v) is 13.4. The Balaban J connectivity index is 1.82. The van der Waals surface area contributed by atoms with Gasteiger partial charge in [0.15, 0.2) is 0 Å². The van der Waals surface area contributed by atoms with Gasteiger partial charge >= 0.3 is 0 Å². The molecule has 0 saturated heterocycles. The summed E-state index contributed by atoms with van der Waals surface area (Å²) in [6.07, 6.45) is 9.68. The van der Waals surface area contributed by atoms with E-state index in [1.165, 1.54) is 47.8 Å². The molecule has 2 heterocycles. The third kappa shape index (κ3) is 3.41. The van der Waals surface area contributed by atoms with Gasteiger partial charge in [0.2, 0.25) is 0 Å². The molecule has 0 amide bonds. The monoisotopic (exact) mass is 298 g/mol. The molecule has 1 aromatic carbocycles. The first-order chi connectivity index (χ1) is 10.4. The number of hydrogen-bond acceptors (Lipinski definition) is 2. The second-order valence-corrected chi connectivity index (χ2v) is 6.36. The maximum Gasteiger partial charge on any atom is 0.0604 e. The molecule has 0 radical (unpaired) electrons. The second kappa shape index (κ2) is 6.99. The van der Waals surface area contributed by atoms with Crippen LogP contribution in [-0.2, 0) is 6.54 Å². The van der Waals surface area contributed by atoms with E-state index in [4.69, 9.17) is 0 Å². The molecule has 0 N–H and O–H groups in total. The van der Waals surface area contributed by atoms with E-state index in [9.17, 15) is 0 Å². The smallest absolute Gasteiger partial charge is 0.0604 e. The fourth-order valence-electron chi connectivity index (χ4n) is 2.80. The number of thioether (sulfide) groups is 1. The minimum Gasteiger partial charge on any atom is -0.347 e. The van der Waals surface area contributed by atoms with Crippen LogP contribution in [0.15, 0.2) is 41.2 Å². The van der Waals surface area contributed by atoms with Crippen LogP contribution in [0, 0.1) is 0 Å². The van der Waals surface area contributed by atoms with Gasteiger partial charge in [-0.2, -0.15) is 0 Å². The van der Waals surface area contributed by atoms with Crippen LogP contribution in [0.3, 0.4) is 0 Å². The zero-order chi connectivity index (χ0) is 14.5. The Bertz CT molecular complexity index is 667. The number of aryl methyl sites for hydroxylation is 1. The van der Waals surface area contributed by atoms with Crippen molar-refractivity contribution >= 4 is 34.3 Å². The lowest BCUT2D eigenvalue weighted by Gasteiger charge is -2.06. The van der Waals surface area contributed by atoms with E-state index < -0.39 is 0 Å². The number of unbranched alkanes of at least 4 members (excludes halogenated alkanes) is 3. The Kier molecular flexibility index (Phi) is 4.81. The molecule has 0 spiro atoms. The van der Waals surface area contributed by atoms with Gasteiger partial charge in [0.1, 0.15) is 0 Å². The summed E-state index contributed by atoms with van der Waals surface area (Å²) in [6, 6.07) is 8.82. The van der Waals surface area contributed by atoms with Gasteiger partial charge in [-0.1, -0.05) is 38.3 Å². The number of aromatic nitrogens is 1. The molecule has 0 atom stereocenters. The summed E-state index contributed by atoms with van der Waals surface area (Å²) in [4.78, 5) is 4.41. The van der Waals surface area contributed by atoms with Crippen LogP contribution in [0.5, 0.6) is 0 Å². The molecule has 3 rings (SSSR count). The van der Waals surface area contributed by atoms with Gasteiger partial charge in [0, 0.05) is 29.4 Å². The summed E-state index contributed by atoms with van der Waals surface area (Å²) >= 11 is 1.76. The van der Waals surface area contributed by atoms with Gasteiger partial charge in [0.25, 0.3) is 0 Å². The van der Waals surface area contributed by atoms with Gasteiger partial charge in [0.05, 0.1) is 11.2 Å². The van der Waals surface area contributed by atoms with Crippen LogP contribution in [0.25, 0.3) is 17.0 Å². The third-order valence-electron chi connectivity index (χ3n) is 3.95. The van der Waals surface area contributed by atoms with Crippen molar-refractivity contribution in [3.63, 3.8) is 0 Å². The molecule has 110 valence electrons. The van der Waals surface area contributed by atoms with E-state index in [2.05, 4.69) is 53.0 Å². The lowest BCUT2D eigenvalue weighted by atomic mass is 10.1. The number of fused-ring (bicyclic) bond motifs is 1. The lowest BCUT2D eigenvalue weighted by molar-refractivity contribution is 0.593. The largest absolute Gasteiger partial charge is 0.347 e. The first-order valence-electron chi connectivity index (χ1n) is 7.81. The molecule has 0 aliphatic carbocycles. The van der Waals surface area contributed by atoms with Gasteiger partial charge in [-0.15, -0.1) is 11.8 Å². The number of nitrogens with zero attached hydrogens (tertiary/aromatic N) is 2. The normalized spacial score (nSPS) is 16.3. The quantitative estimate of drug-likeness (QED) is 0.658. The highest BCUT2D eigenvalue weighted by molar-refractivity contribution is 8.12. The van der Waals surface area contributed by atoms with E-state index in [1.54, 1.807) is 11.8 Å². The number of rotatable bonds is 6. The summed E-state index contributed by atoms with van der Waals surface area (Å²) in [5, 5.41) is 1.34. The highest BCUT2D eigenvalue weighted by atomic mass is 32.2. The van der Waals surface area contributed by atoms with Gasteiger partial charge in [-0.05, 0) is 30.2 Å². The molecule has 21 heavy (non-hydrogen) atoms. The van der Waals surface area contributed by atoms with E-state index in [0.717, 1.165) is 12.3 Å². The average molecular weight is 298 g/mol. The van der Waals surface area contributed by atoms with E-state index in [1.807, 2.05) is 5.55 Å². The highest BCUT2D eigenvalue weighted by Gasteiger charge is 2.06.